The zero-order chi connectivity index (χ0) is 20.2. The van der Waals surface area contributed by atoms with Crippen molar-refractivity contribution in [1.29, 1.82) is 0 Å². The average molecular weight is 401 g/mol. The maximum absolute atomic E-state index is 11.5. The second-order valence-corrected chi connectivity index (χ2v) is 8.62. The number of fused-ring (bicyclic) bond motifs is 2. The molecule has 29 heavy (non-hydrogen) atoms. The minimum Gasteiger partial charge on any atom is -0.355 e. The smallest absolute Gasteiger partial charge is 0.167 e. The van der Waals surface area contributed by atoms with Gasteiger partial charge in [0.05, 0.1) is 6.33 Å². The monoisotopic (exact) mass is 401 g/mol. The van der Waals surface area contributed by atoms with Crippen LogP contribution in [0, 0.1) is 0 Å². The highest BCUT2D eigenvalue weighted by Gasteiger charge is 2.56. The summed E-state index contributed by atoms with van der Waals surface area (Å²) in [5.41, 5.74) is 1.40. The van der Waals surface area contributed by atoms with Gasteiger partial charge in [-0.3, -0.25) is 4.57 Å². The molecule has 0 spiro atoms. The Bertz CT molecular complexity index is 909. The first-order valence-corrected chi connectivity index (χ1v) is 10.4. The zero-order valence-electron chi connectivity index (χ0n) is 17.0. The molecule has 1 saturated carbocycles. The van der Waals surface area contributed by atoms with E-state index in [1.165, 1.54) is 32.1 Å². The highest BCUT2D eigenvalue weighted by Crippen LogP contribution is 2.43. The van der Waals surface area contributed by atoms with Crippen molar-refractivity contribution in [3.63, 3.8) is 0 Å². The van der Waals surface area contributed by atoms with Crippen molar-refractivity contribution in [2.24, 2.45) is 0 Å². The summed E-state index contributed by atoms with van der Waals surface area (Å²) in [5, 5.41) is 0. The van der Waals surface area contributed by atoms with Crippen LogP contribution < -0.4 is 4.90 Å². The molecule has 2 saturated heterocycles. The summed E-state index contributed by atoms with van der Waals surface area (Å²) in [6, 6.07) is 0.464. The molecule has 0 amide bonds. The van der Waals surface area contributed by atoms with Gasteiger partial charge in [-0.05, 0) is 26.7 Å². The third kappa shape index (κ3) is 3.12. The SMILES string of the molecule is CN(c1ncnc2c1ncn2[C@@H]1O[C@@H](C=O)[C@@H]2OC(C)(C)O[C@H]21)C1CCCCC1. The molecular weight excluding hydrogens is 374 g/mol. The molecule has 0 aromatic carbocycles. The van der Waals surface area contributed by atoms with Crippen LogP contribution in [0.25, 0.3) is 11.2 Å². The molecule has 4 heterocycles. The first-order chi connectivity index (χ1) is 14.0. The topological polar surface area (TPSA) is 91.6 Å². The number of hydrogen-bond acceptors (Lipinski definition) is 8. The Morgan fingerprint density at radius 2 is 1.90 bits per heavy atom. The van der Waals surface area contributed by atoms with Crippen molar-refractivity contribution in [2.75, 3.05) is 11.9 Å². The quantitative estimate of drug-likeness (QED) is 0.720. The number of aromatic nitrogens is 4. The Morgan fingerprint density at radius 1 is 1.14 bits per heavy atom. The van der Waals surface area contributed by atoms with E-state index >= 15 is 0 Å². The van der Waals surface area contributed by atoms with E-state index in [1.807, 2.05) is 18.4 Å². The molecule has 0 radical (unpaired) electrons. The Balaban J connectivity index is 1.50. The predicted octanol–water partition coefficient (Wildman–Crippen LogP) is 2.21. The summed E-state index contributed by atoms with van der Waals surface area (Å²) in [6.45, 7) is 3.69. The lowest BCUT2D eigenvalue weighted by Gasteiger charge is -2.32. The Labute approximate surface area is 169 Å². The van der Waals surface area contributed by atoms with Gasteiger partial charge in [0.25, 0.3) is 0 Å². The summed E-state index contributed by atoms with van der Waals surface area (Å²) in [7, 11) is 2.08. The normalized spacial score (nSPS) is 31.8. The van der Waals surface area contributed by atoms with Crippen LogP contribution in [0.5, 0.6) is 0 Å². The van der Waals surface area contributed by atoms with Gasteiger partial charge < -0.3 is 23.9 Å². The minimum atomic E-state index is -0.768. The molecule has 0 bridgehead atoms. The van der Waals surface area contributed by atoms with Gasteiger partial charge in [0.15, 0.2) is 35.3 Å². The molecular formula is C20H27N5O4. The fourth-order valence-corrected chi connectivity index (χ4v) is 4.87. The second-order valence-electron chi connectivity index (χ2n) is 8.62. The lowest BCUT2D eigenvalue weighted by molar-refractivity contribution is -0.194. The third-order valence-corrected chi connectivity index (χ3v) is 6.27. The molecule has 4 atom stereocenters. The number of carbonyl (C=O) groups excluding carboxylic acids is 1. The molecule has 0 N–H and O–H groups in total. The van der Waals surface area contributed by atoms with Gasteiger partial charge in [0, 0.05) is 13.1 Å². The van der Waals surface area contributed by atoms with Crippen molar-refractivity contribution < 1.29 is 19.0 Å². The number of imidazole rings is 1. The second kappa shape index (κ2) is 7.00. The molecule has 2 aromatic rings. The first-order valence-electron chi connectivity index (χ1n) is 10.4. The van der Waals surface area contributed by atoms with E-state index in [4.69, 9.17) is 14.2 Å². The first kappa shape index (κ1) is 18.9. The van der Waals surface area contributed by atoms with Crippen LogP contribution in [-0.2, 0) is 19.0 Å². The van der Waals surface area contributed by atoms with Crippen molar-refractivity contribution >= 4 is 23.3 Å². The molecule has 2 aliphatic heterocycles. The number of rotatable bonds is 4. The molecule has 156 valence electrons. The average Bonchev–Trinajstić information content (AvgIpc) is 3.38. The maximum Gasteiger partial charge on any atom is 0.167 e. The van der Waals surface area contributed by atoms with Crippen molar-refractivity contribution in [1.82, 2.24) is 19.5 Å². The highest BCUT2D eigenvalue weighted by molar-refractivity contribution is 5.83. The lowest BCUT2D eigenvalue weighted by Crippen LogP contribution is -2.34. The van der Waals surface area contributed by atoms with Crippen LogP contribution in [0.2, 0.25) is 0 Å². The standard InChI is InChI=1S/C20H27N5O4/c1-20(2)28-15-13(9-26)27-19(16(15)29-20)25-11-23-14-17(21-10-22-18(14)25)24(3)12-7-5-4-6-8-12/h9-13,15-16,19H,4-8H2,1-3H3/t13-,15-,16+,19+/m0/s1. The van der Waals surface area contributed by atoms with Gasteiger partial charge in [0.2, 0.25) is 0 Å². The maximum atomic E-state index is 11.5. The van der Waals surface area contributed by atoms with Gasteiger partial charge in [0.1, 0.15) is 24.6 Å². The molecule has 2 aromatic heterocycles. The predicted molar refractivity (Wildman–Crippen MR) is 104 cm³/mol. The number of ether oxygens (including phenoxy) is 3. The summed E-state index contributed by atoms with van der Waals surface area (Å²) in [6.07, 6.45) is 8.08. The van der Waals surface area contributed by atoms with E-state index in [0.29, 0.717) is 11.7 Å². The van der Waals surface area contributed by atoms with Crippen LogP contribution in [0.4, 0.5) is 5.82 Å². The van der Waals surface area contributed by atoms with Crippen molar-refractivity contribution in [3.8, 4) is 0 Å². The summed E-state index contributed by atoms with van der Waals surface area (Å²) >= 11 is 0. The van der Waals surface area contributed by atoms with Crippen LogP contribution in [0.15, 0.2) is 12.7 Å². The van der Waals surface area contributed by atoms with Gasteiger partial charge in [-0.2, -0.15) is 0 Å². The van der Waals surface area contributed by atoms with Crippen LogP contribution in [0.1, 0.15) is 52.2 Å². The zero-order valence-corrected chi connectivity index (χ0v) is 17.0. The number of hydrogen-bond donors (Lipinski definition) is 0. The van der Waals surface area contributed by atoms with E-state index in [9.17, 15) is 4.79 Å². The van der Waals surface area contributed by atoms with E-state index in [-0.39, 0.29) is 0 Å². The van der Waals surface area contributed by atoms with Gasteiger partial charge >= 0.3 is 0 Å². The highest BCUT2D eigenvalue weighted by atomic mass is 16.8. The summed E-state index contributed by atoms with van der Waals surface area (Å²) in [4.78, 5) is 27.4. The molecule has 0 unspecified atom stereocenters. The fraction of sp³-hybridized carbons (Fsp3) is 0.700. The van der Waals surface area contributed by atoms with Crippen LogP contribution >= 0.6 is 0 Å². The van der Waals surface area contributed by atoms with E-state index in [1.54, 1.807) is 12.7 Å². The van der Waals surface area contributed by atoms with Crippen LogP contribution in [-0.4, -0.2) is 63.0 Å². The van der Waals surface area contributed by atoms with E-state index in [2.05, 4.69) is 26.9 Å². The van der Waals surface area contributed by atoms with Gasteiger partial charge in [-0.15, -0.1) is 0 Å². The van der Waals surface area contributed by atoms with Crippen LogP contribution in [0.3, 0.4) is 0 Å². The largest absolute Gasteiger partial charge is 0.355 e. The number of nitrogens with zero attached hydrogens (tertiary/aromatic N) is 5. The van der Waals surface area contributed by atoms with E-state index in [0.717, 1.165) is 17.6 Å². The Hall–Kier alpha value is -2.10. The molecule has 9 heteroatoms. The number of carbonyl (C=O) groups is 1. The lowest BCUT2D eigenvalue weighted by atomic mass is 9.94. The summed E-state index contributed by atoms with van der Waals surface area (Å²) < 4.78 is 19.8. The van der Waals surface area contributed by atoms with Gasteiger partial charge in [-0.1, -0.05) is 19.3 Å². The van der Waals surface area contributed by atoms with Crippen molar-refractivity contribution in [3.05, 3.63) is 12.7 Å². The van der Waals surface area contributed by atoms with Crippen molar-refractivity contribution in [2.45, 2.75) is 82.3 Å². The number of anilines is 1. The minimum absolute atomic E-state index is 0.410. The Kier molecular flexibility index (Phi) is 4.56. The molecule has 5 rings (SSSR count). The molecule has 1 aliphatic carbocycles. The molecule has 3 fully saturated rings. The number of aldehydes is 1. The third-order valence-electron chi connectivity index (χ3n) is 6.27. The van der Waals surface area contributed by atoms with Gasteiger partial charge in [-0.25, -0.2) is 15.0 Å². The molecule has 3 aliphatic rings. The summed E-state index contributed by atoms with van der Waals surface area (Å²) in [5.74, 6) is 0.0575. The Morgan fingerprint density at radius 3 is 2.66 bits per heavy atom. The fourth-order valence-electron chi connectivity index (χ4n) is 4.87. The van der Waals surface area contributed by atoms with E-state index < -0.39 is 30.3 Å². The molecule has 9 nitrogen and oxygen atoms in total.